The number of likely N-dealkylation sites (tertiary alicyclic amines) is 1. The van der Waals surface area contributed by atoms with Crippen LogP contribution in [0, 0.1) is 0 Å². The highest BCUT2D eigenvalue weighted by Crippen LogP contribution is 2.29. The molecule has 1 saturated heterocycles. The average Bonchev–Trinajstić information content (AvgIpc) is 3.47. The number of nitrogens with zero attached hydrogens (tertiary/aromatic N) is 2. The summed E-state index contributed by atoms with van der Waals surface area (Å²) in [4.78, 5) is 7.27. The van der Waals surface area contributed by atoms with Crippen molar-refractivity contribution in [3.63, 3.8) is 0 Å². The zero-order chi connectivity index (χ0) is 17.6. The van der Waals surface area contributed by atoms with Gasteiger partial charge in [-0.25, -0.2) is 4.99 Å². The zero-order valence-corrected chi connectivity index (χ0v) is 18.0. The maximum atomic E-state index is 10.0. The predicted octanol–water partition coefficient (Wildman–Crippen LogP) is 2.70. The van der Waals surface area contributed by atoms with Crippen LogP contribution in [-0.2, 0) is 6.54 Å². The van der Waals surface area contributed by atoms with E-state index in [1.165, 1.54) is 25.9 Å². The molecule has 1 aromatic rings. The van der Waals surface area contributed by atoms with E-state index >= 15 is 0 Å². The Bertz CT molecular complexity index is 599. The molecule has 0 atom stereocenters. The lowest BCUT2D eigenvalue weighted by Gasteiger charge is -2.33. The molecule has 3 N–H and O–H groups in total. The summed E-state index contributed by atoms with van der Waals surface area (Å²) >= 11 is 0. The number of aromatic hydroxyl groups is 1. The monoisotopic (exact) mass is 474 g/mol. The first kappa shape index (κ1) is 21.1. The van der Waals surface area contributed by atoms with Crippen LogP contribution >= 0.6 is 24.0 Å². The molecule has 6 nitrogen and oxygen atoms in total. The number of guanidine groups is 1. The molecule has 0 spiro atoms. The van der Waals surface area contributed by atoms with Gasteiger partial charge in [-0.1, -0.05) is 0 Å². The third kappa shape index (κ3) is 5.90. The Morgan fingerprint density at radius 3 is 2.62 bits per heavy atom. The summed E-state index contributed by atoms with van der Waals surface area (Å²) in [6.07, 6.45) is 5.08. The summed E-state index contributed by atoms with van der Waals surface area (Å²) in [5.41, 5.74) is 0.764. The Morgan fingerprint density at radius 2 is 2.00 bits per heavy atom. The first-order valence-electron chi connectivity index (χ1n) is 9.34. The lowest BCUT2D eigenvalue weighted by Crippen LogP contribution is -2.49. The average molecular weight is 474 g/mol. The summed E-state index contributed by atoms with van der Waals surface area (Å²) in [5.74, 6) is 1.79. The number of methoxy groups -OCH3 is 1. The zero-order valence-electron chi connectivity index (χ0n) is 15.7. The Balaban J connectivity index is 0.00000243. The molecular formula is C19H31IN4O2. The second kappa shape index (κ2) is 10.2. The van der Waals surface area contributed by atoms with Gasteiger partial charge in [0.25, 0.3) is 0 Å². The molecule has 1 aromatic carbocycles. The van der Waals surface area contributed by atoms with E-state index in [1.54, 1.807) is 19.2 Å². The minimum Gasteiger partial charge on any atom is -0.508 e. The van der Waals surface area contributed by atoms with Crippen molar-refractivity contribution >= 4 is 29.9 Å². The second-order valence-electron chi connectivity index (χ2n) is 6.88. The van der Waals surface area contributed by atoms with Crippen molar-refractivity contribution in [3.05, 3.63) is 23.8 Å². The third-order valence-corrected chi connectivity index (χ3v) is 4.97. The van der Waals surface area contributed by atoms with Crippen LogP contribution in [0.1, 0.15) is 38.2 Å². The van der Waals surface area contributed by atoms with E-state index in [2.05, 4.69) is 27.4 Å². The van der Waals surface area contributed by atoms with Crippen molar-refractivity contribution in [2.24, 2.45) is 4.99 Å². The molecule has 0 unspecified atom stereocenters. The summed E-state index contributed by atoms with van der Waals surface area (Å²) in [7, 11) is 1.62. The minimum atomic E-state index is 0. The van der Waals surface area contributed by atoms with Crippen molar-refractivity contribution in [3.8, 4) is 11.5 Å². The molecular weight excluding hydrogens is 443 g/mol. The number of hydrogen-bond acceptors (Lipinski definition) is 4. The fourth-order valence-corrected chi connectivity index (χ4v) is 3.34. The summed E-state index contributed by atoms with van der Waals surface area (Å²) in [5, 5.41) is 16.9. The van der Waals surface area contributed by atoms with Crippen LogP contribution in [0.5, 0.6) is 11.5 Å². The standard InChI is InChI=1S/C19H30N4O2.HI/c1-3-20-19(21-13-14-12-17(25-2)6-7-18(14)24)22-15-8-10-23(11-9-15)16-4-5-16;/h6-7,12,15-16,24H,3-5,8-11,13H2,1-2H3,(H2,20,21,22);1H. The van der Waals surface area contributed by atoms with Crippen LogP contribution in [0.15, 0.2) is 23.2 Å². The van der Waals surface area contributed by atoms with Gasteiger partial charge in [0, 0.05) is 37.3 Å². The van der Waals surface area contributed by atoms with E-state index in [-0.39, 0.29) is 29.7 Å². The number of benzene rings is 1. The molecule has 1 saturated carbocycles. The molecule has 0 amide bonds. The highest BCUT2D eigenvalue weighted by atomic mass is 127. The number of aliphatic imine (C=N–C) groups is 1. The molecule has 0 aromatic heterocycles. The fraction of sp³-hybridized carbons (Fsp3) is 0.632. The van der Waals surface area contributed by atoms with E-state index in [9.17, 15) is 5.11 Å². The molecule has 2 aliphatic rings. The predicted molar refractivity (Wildman–Crippen MR) is 116 cm³/mol. The smallest absolute Gasteiger partial charge is 0.191 e. The number of phenolic OH excluding ortho intramolecular Hbond substituents is 1. The van der Waals surface area contributed by atoms with Crippen LogP contribution in [0.4, 0.5) is 0 Å². The van der Waals surface area contributed by atoms with Gasteiger partial charge >= 0.3 is 0 Å². The number of piperidine rings is 1. The van der Waals surface area contributed by atoms with Crippen molar-refractivity contribution in [1.82, 2.24) is 15.5 Å². The van der Waals surface area contributed by atoms with Crippen LogP contribution in [0.2, 0.25) is 0 Å². The Kier molecular flexibility index (Phi) is 8.27. The van der Waals surface area contributed by atoms with Crippen LogP contribution in [0.25, 0.3) is 0 Å². The van der Waals surface area contributed by atoms with Crippen LogP contribution in [-0.4, -0.2) is 54.8 Å². The number of ether oxygens (including phenoxy) is 1. The van der Waals surface area contributed by atoms with Gasteiger partial charge in [-0.2, -0.15) is 0 Å². The normalized spacial score (nSPS) is 18.9. The quantitative estimate of drug-likeness (QED) is 0.336. The lowest BCUT2D eigenvalue weighted by molar-refractivity contribution is 0.197. The molecule has 146 valence electrons. The van der Waals surface area contributed by atoms with E-state index < -0.39 is 0 Å². The highest BCUT2D eigenvalue weighted by Gasteiger charge is 2.31. The molecule has 1 aliphatic heterocycles. The molecule has 1 heterocycles. The summed E-state index contributed by atoms with van der Waals surface area (Å²) in [6.45, 7) is 5.66. The maximum Gasteiger partial charge on any atom is 0.191 e. The van der Waals surface area contributed by atoms with Crippen molar-refractivity contribution in [2.45, 2.75) is 51.2 Å². The van der Waals surface area contributed by atoms with Gasteiger partial charge in [-0.3, -0.25) is 0 Å². The van der Waals surface area contributed by atoms with Crippen molar-refractivity contribution in [2.75, 3.05) is 26.7 Å². The SMILES string of the molecule is CCNC(=NCc1cc(OC)ccc1O)NC1CCN(C2CC2)CC1.I. The first-order valence-corrected chi connectivity index (χ1v) is 9.34. The number of hydrogen-bond donors (Lipinski definition) is 3. The number of nitrogens with one attached hydrogen (secondary N) is 2. The molecule has 2 fully saturated rings. The molecule has 0 radical (unpaired) electrons. The lowest BCUT2D eigenvalue weighted by atomic mass is 10.1. The van der Waals surface area contributed by atoms with E-state index in [0.717, 1.165) is 42.7 Å². The summed E-state index contributed by atoms with van der Waals surface area (Å²) in [6, 6.07) is 6.55. The van der Waals surface area contributed by atoms with Gasteiger partial charge in [0.1, 0.15) is 11.5 Å². The number of rotatable bonds is 6. The van der Waals surface area contributed by atoms with Crippen LogP contribution < -0.4 is 15.4 Å². The van der Waals surface area contributed by atoms with Gasteiger partial charge in [0.2, 0.25) is 0 Å². The number of phenols is 1. The van der Waals surface area contributed by atoms with E-state index in [4.69, 9.17) is 4.74 Å². The van der Waals surface area contributed by atoms with Gasteiger partial charge in [-0.15, -0.1) is 24.0 Å². The number of halogens is 1. The topological polar surface area (TPSA) is 69.1 Å². The molecule has 26 heavy (non-hydrogen) atoms. The molecule has 3 rings (SSSR count). The first-order chi connectivity index (χ1) is 12.2. The van der Waals surface area contributed by atoms with Crippen LogP contribution in [0.3, 0.4) is 0 Å². The van der Waals surface area contributed by atoms with E-state index in [0.29, 0.717) is 12.6 Å². The highest BCUT2D eigenvalue weighted by molar-refractivity contribution is 14.0. The molecule has 7 heteroatoms. The largest absolute Gasteiger partial charge is 0.508 e. The fourth-order valence-electron chi connectivity index (χ4n) is 3.34. The van der Waals surface area contributed by atoms with Gasteiger partial charge in [0.15, 0.2) is 5.96 Å². The Hall–Kier alpha value is -1.22. The van der Waals surface area contributed by atoms with Crippen molar-refractivity contribution in [1.29, 1.82) is 0 Å². The Labute approximate surface area is 173 Å². The molecule has 0 bridgehead atoms. The van der Waals surface area contributed by atoms with Crippen molar-refractivity contribution < 1.29 is 9.84 Å². The maximum absolute atomic E-state index is 10.0. The van der Waals surface area contributed by atoms with Gasteiger partial charge in [0.05, 0.1) is 13.7 Å². The molecule has 1 aliphatic carbocycles. The third-order valence-electron chi connectivity index (χ3n) is 4.97. The summed E-state index contributed by atoms with van der Waals surface area (Å²) < 4.78 is 5.22. The van der Waals surface area contributed by atoms with E-state index in [1.807, 2.05) is 6.07 Å². The van der Waals surface area contributed by atoms with Gasteiger partial charge in [-0.05, 0) is 50.8 Å². The Morgan fingerprint density at radius 1 is 1.27 bits per heavy atom. The minimum absolute atomic E-state index is 0. The van der Waals surface area contributed by atoms with Gasteiger partial charge < -0.3 is 25.4 Å². The second-order valence-corrected chi connectivity index (χ2v) is 6.88.